The molecule has 0 fully saturated rings. The lowest BCUT2D eigenvalue weighted by molar-refractivity contribution is -0.148. The maximum atomic E-state index is 11.2. The van der Waals surface area contributed by atoms with Crippen molar-refractivity contribution in [3.63, 3.8) is 0 Å². The number of aliphatic hydroxyl groups excluding tert-OH is 4. The molecule has 1 unspecified atom stereocenters. The molecule has 0 radical (unpaired) electrons. The first-order chi connectivity index (χ1) is 10.0. The van der Waals surface area contributed by atoms with E-state index < -0.39 is 36.6 Å². The van der Waals surface area contributed by atoms with Crippen molar-refractivity contribution in [1.82, 2.24) is 0 Å². The first-order valence-electron chi connectivity index (χ1n) is 6.44. The van der Waals surface area contributed by atoms with Crippen molar-refractivity contribution < 1.29 is 39.4 Å². The molecule has 0 amide bonds. The summed E-state index contributed by atoms with van der Waals surface area (Å²) in [6.45, 7) is 1.24. The van der Waals surface area contributed by atoms with Gasteiger partial charge in [0, 0.05) is 0 Å². The Hall–Kier alpha value is -1.61. The van der Waals surface area contributed by atoms with E-state index in [0.29, 0.717) is 6.61 Å². The highest BCUT2D eigenvalue weighted by atomic mass is 16.6. The monoisotopic (exact) mass is 304 g/mol. The first kappa shape index (κ1) is 17.4. The van der Waals surface area contributed by atoms with Crippen molar-refractivity contribution in [1.29, 1.82) is 0 Å². The molecule has 1 heterocycles. The molecular weight excluding hydrogens is 284 g/mol. The van der Waals surface area contributed by atoms with Crippen molar-refractivity contribution in [3.05, 3.63) is 23.7 Å². The van der Waals surface area contributed by atoms with E-state index in [1.54, 1.807) is 12.2 Å². The van der Waals surface area contributed by atoms with Gasteiger partial charge in [-0.05, 0) is 6.92 Å². The number of allylic oxidation sites excluding steroid dienone is 1. The summed E-state index contributed by atoms with van der Waals surface area (Å²) >= 11 is 0. The summed E-state index contributed by atoms with van der Waals surface area (Å²) in [4.78, 5) is 11.2. The van der Waals surface area contributed by atoms with Crippen LogP contribution in [0.1, 0.15) is 6.92 Å². The molecule has 0 aromatic heterocycles. The van der Waals surface area contributed by atoms with Gasteiger partial charge in [-0.15, -0.1) is 0 Å². The van der Waals surface area contributed by atoms with E-state index in [1.807, 2.05) is 6.92 Å². The highest BCUT2D eigenvalue weighted by molar-refractivity contribution is 5.89. The number of rotatable bonds is 9. The highest BCUT2D eigenvalue weighted by Gasteiger charge is 2.40. The van der Waals surface area contributed by atoms with Crippen LogP contribution in [0.5, 0.6) is 0 Å². The summed E-state index contributed by atoms with van der Waals surface area (Å²) in [5.41, 5.74) is 0. The molecule has 0 saturated heterocycles. The first-order valence-corrected chi connectivity index (χ1v) is 6.44. The van der Waals surface area contributed by atoms with Crippen LogP contribution in [0.3, 0.4) is 0 Å². The molecule has 0 aliphatic carbocycles. The molecule has 0 spiro atoms. The van der Waals surface area contributed by atoms with Gasteiger partial charge in [0.1, 0.15) is 18.8 Å². The Morgan fingerprint density at radius 3 is 2.71 bits per heavy atom. The number of hydrogen-bond donors (Lipinski definition) is 4. The van der Waals surface area contributed by atoms with Crippen LogP contribution in [0.2, 0.25) is 0 Å². The van der Waals surface area contributed by atoms with Gasteiger partial charge in [0.2, 0.25) is 5.76 Å². The molecule has 1 aliphatic heterocycles. The lowest BCUT2D eigenvalue weighted by Gasteiger charge is -2.19. The van der Waals surface area contributed by atoms with Crippen LogP contribution in [-0.2, 0) is 19.0 Å². The molecule has 0 aromatic rings. The molecule has 8 heteroatoms. The maximum absolute atomic E-state index is 11.2. The lowest BCUT2D eigenvalue weighted by Crippen LogP contribution is -2.33. The van der Waals surface area contributed by atoms with E-state index in [0.717, 1.165) is 0 Å². The van der Waals surface area contributed by atoms with Gasteiger partial charge >= 0.3 is 5.97 Å². The minimum atomic E-state index is -1.42. The fourth-order valence-electron chi connectivity index (χ4n) is 1.56. The minimum Gasteiger partial charge on any atom is -0.499 e. The molecule has 1 aliphatic rings. The third kappa shape index (κ3) is 5.01. The van der Waals surface area contributed by atoms with E-state index in [4.69, 9.17) is 14.6 Å². The Bertz CT molecular complexity index is 403. The third-order valence-corrected chi connectivity index (χ3v) is 2.65. The van der Waals surface area contributed by atoms with Gasteiger partial charge in [0.15, 0.2) is 11.9 Å². The van der Waals surface area contributed by atoms with Crippen LogP contribution in [-0.4, -0.2) is 71.1 Å². The number of esters is 1. The summed E-state index contributed by atoms with van der Waals surface area (Å²) in [5.74, 6) is -2.15. The zero-order valence-electron chi connectivity index (χ0n) is 11.6. The number of cyclic esters (lactones) is 1. The van der Waals surface area contributed by atoms with Gasteiger partial charge < -0.3 is 34.6 Å². The van der Waals surface area contributed by atoms with Crippen molar-refractivity contribution in [3.8, 4) is 0 Å². The van der Waals surface area contributed by atoms with E-state index in [9.17, 15) is 20.1 Å². The van der Waals surface area contributed by atoms with Crippen LogP contribution in [0.25, 0.3) is 0 Å². The minimum absolute atomic E-state index is 0.000402. The summed E-state index contributed by atoms with van der Waals surface area (Å²) in [7, 11) is 0. The average Bonchev–Trinajstić information content (AvgIpc) is 2.76. The van der Waals surface area contributed by atoms with Gasteiger partial charge in [0.25, 0.3) is 0 Å². The number of carbonyl (C=O) groups is 1. The Labute approximate surface area is 121 Å². The van der Waals surface area contributed by atoms with E-state index in [2.05, 4.69) is 4.74 Å². The van der Waals surface area contributed by atoms with Gasteiger partial charge in [-0.25, -0.2) is 4.79 Å². The fraction of sp³-hybridized carbons (Fsp3) is 0.615. The summed E-state index contributed by atoms with van der Waals surface area (Å²) in [5, 5.41) is 37.5. The molecular formula is C13H20O8. The zero-order chi connectivity index (χ0) is 15.8. The topological polar surface area (TPSA) is 126 Å². The molecule has 21 heavy (non-hydrogen) atoms. The second-order valence-corrected chi connectivity index (χ2v) is 4.36. The van der Waals surface area contributed by atoms with Crippen LogP contribution in [0, 0.1) is 0 Å². The summed E-state index contributed by atoms with van der Waals surface area (Å²) in [6, 6.07) is 0. The van der Waals surface area contributed by atoms with Crippen molar-refractivity contribution in [2.75, 3.05) is 26.4 Å². The van der Waals surface area contributed by atoms with E-state index >= 15 is 0 Å². The Morgan fingerprint density at radius 2 is 2.10 bits per heavy atom. The quantitative estimate of drug-likeness (QED) is 0.243. The molecule has 1 rings (SSSR count). The standard InChI is InChI=1S/C13H20O8/c1-2-3-4-19-6-8(15)7-20-12-10(17)13(18)21-11(12)9(16)5-14/h2-3,8-9,11,14-17H,4-7H2,1H3/b3-2+/t8?,9-,11+/m0/s1. The van der Waals surface area contributed by atoms with E-state index in [-0.39, 0.29) is 19.0 Å². The van der Waals surface area contributed by atoms with Crippen molar-refractivity contribution >= 4 is 5.97 Å². The van der Waals surface area contributed by atoms with E-state index in [1.165, 1.54) is 0 Å². The molecule has 0 saturated carbocycles. The molecule has 8 nitrogen and oxygen atoms in total. The van der Waals surface area contributed by atoms with Gasteiger partial charge in [-0.2, -0.15) is 0 Å². The number of aliphatic hydroxyl groups is 4. The SMILES string of the molecule is C/C=C/COCC(O)COC1=C(O)C(=O)O[C@@H]1[C@@H](O)CO. The molecule has 4 N–H and O–H groups in total. The van der Waals surface area contributed by atoms with Gasteiger partial charge in [0.05, 0.1) is 19.8 Å². The molecule has 0 bridgehead atoms. The maximum Gasteiger partial charge on any atom is 0.378 e. The largest absolute Gasteiger partial charge is 0.499 e. The fourth-order valence-corrected chi connectivity index (χ4v) is 1.56. The van der Waals surface area contributed by atoms with Crippen LogP contribution in [0.15, 0.2) is 23.7 Å². The second kappa shape index (κ2) is 8.63. The zero-order valence-corrected chi connectivity index (χ0v) is 11.6. The van der Waals surface area contributed by atoms with Gasteiger partial charge in [-0.3, -0.25) is 0 Å². The van der Waals surface area contributed by atoms with Gasteiger partial charge in [-0.1, -0.05) is 12.2 Å². The Kier molecular flexibility index (Phi) is 7.17. The second-order valence-electron chi connectivity index (χ2n) is 4.36. The van der Waals surface area contributed by atoms with Crippen LogP contribution >= 0.6 is 0 Å². The predicted molar refractivity (Wildman–Crippen MR) is 70.2 cm³/mol. The predicted octanol–water partition coefficient (Wildman–Crippen LogP) is -0.995. The molecule has 0 aromatic carbocycles. The summed E-state index contributed by atoms with van der Waals surface area (Å²) < 4.78 is 14.9. The lowest BCUT2D eigenvalue weighted by atomic mass is 10.2. The average molecular weight is 304 g/mol. The number of carbonyl (C=O) groups excluding carboxylic acids is 1. The van der Waals surface area contributed by atoms with Crippen LogP contribution < -0.4 is 0 Å². The number of ether oxygens (including phenoxy) is 3. The third-order valence-electron chi connectivity index (χ3n) is 2.65. The molecule has 120 valence electrons. The number of hydrogen-bond acceptors (Lipinski definition) is 8. The van der Waals surface area contributed by atoms with Crippen molar-refractivity contribution in [2.24, 2.45) is 0 Å². The van der Waals surface area contributed by atoms with Crippen LogP contribution in [0.4, 0.5) is 0 Å². The Balaban J connectivity index is 2.49. The normalized spacial score (nSPS) is 21.7. The van der Waals surface area contributed by atoms with Crippen molar-refractivity contribution in [2.45, 2.75) is 25.2 Å². The highest BCUT2D eigenvalue weighted by Crippen LogP contribution is 2.24. The smallest absolute Gasteiger partial charge is 0.378 e. The Morgan fingerprint density at radius 1 is 1.38 bits per heavy atom. The molecule has 3 atom stereocenters. The summed E-state index contributed by atoms with van der Waals surface area (Å²) in [6.07, 6.45) is -0.138.